The lowest BCUT2D eigenvalue weighted by Crippen LogP contribution is -2.44. The minimum atomic E-state index is -1.38. The molecule has 2 aliphatic heterocycles. The number of aryl methyl sites for hydroxylation is 1. The zero-order chi connectivity index (χ0) is 21.0. The van der Waals surface area contributed by atoms with Gasteiger partial charge in [-0.2, -0.15) is 0 Å². The highest BCUT2D eigenvalue weighted by molar-refractivity contribution is 5.92. The van der Waals surface area contributed by atoms with Crippen molar-refractivity contribution in [3.63, 3.8) is 0 Å². The van der Waals surface area contributed by atoms with Crippen molar-refractivity contribution in [2.24, 2.45) is 0 Å². The third-order valence-corrected chi connectivity index (χ3v) is 5.71. The normalized spacial score (nSPS) is 20.3. The van der Waals surface area contributed by atoms with Gasteiger partial charge in [-0.1, -0.05) is 0 Å². The van der Waals surface area contributed by atoms with Crippen LogP contribution in [0.1, 0.15) is 28.2 Å². The standard InChI is InChI=1S/C20H19FN6O3/c1-10-4-23-12(5-22-10)7-26-9-15(20(29)30)17(28)14-3-16(21)19(25-18(14)26)27-8-11-2-13(27)6-24-11/h3-5,9,11,13,24H,2,6-8H2,1H3,(H,29,30)/t11-,13-/m0/s1. The van der Waals surface area contributed by atoms with Crippen molar-refractivity contribution in [3.05, 3.63) is 57.6 Å². The maximum absolute atomic E-state index is 15.0. The van der Waals surface area contributed by atoms with Gasteiger partial charge in [-0.15, -0.1) is 0 Å². The third-order valence-electron chi connectivity index (χ3n) is 5.71. The number of hydrogen-bond acceptors (Lipinski definition) is 7. The lowest BCUT2D eigenvalue weighted by Gasteiger charge is -2.29. The van der Waals surface area contributed by atoms with E-state index in [0.29, 0.717) is 18.3 Å². The van der Waals surface area contributed by atoms with Crippen LogP contribution in [-0.2, 0) is 6.54 Å². The highest BCUT2D eigenvalue weighted by atomic mass is 19.1. The lowest BCUT2D eigenvalue weighted by molar-refractivity contribution is 0.0695. The molecule has 30 heavy (non-hydrogen) atoms. The summed E-state index contributed by atoms with van der Waals surface area (Å²) in [6.07, 6.45) is 5.34. The highest BCUT2D eigenvalue weighted by Gasteiger charge is 2.39. The van der Waals surface area contributed by atoms with Crippen molar-refractivity contribution in [1.82, 2.24) is 24.8 Å². The molecule has 2 bridgehead atoms. The number of aromatic nitrogens is 4. The number of nitrogens with one attached hydrogen (secondary N) is 1. The summed E-state index contributed by atoms with van der Waals surface area (Å²) >= 11 is 0. The molecule has 2 saturated heterocycles. The number of carbonyl (C=O) groups is 1. The van der Waals surface area contributed by atoms with Gasteiger partial charge in [-0.25, -0.2) is 14.2 Å². The van der Waals surface area contributed by atoms with Gasteiger partial charge in [-0.05, 0) is 19.4 Å². The Morgan fingerprint density at radius 1 is 1.37 bits per heavy atom. The van der Waals surface area contributed by atoms with Crippen molar-refractivity contribution in [1.29, 1.82) is 0 Å². The minimum Gasteiger partial charge on any atom is -0.477 e. The fraction of sp³-hybridized carbons (Fsp3) is 0.350. The zero-order valence-corrected chi connectivity index (χ0v) is 16.2. The first-order chi connectivity index (χ1) is 14.4. The highest BCUT2D eigenvalue weighted by Crippen LogP contribution is 2.31. The summed E-state index contributed by atoms with van der Waals surface area (Å²) in [6.45, 7) is 3.35. The second kappa shape index (κ2) is 6.84. The number of hydrogen-bond donors (Lipinski definition) is 2. The van der Waals surface area contributed by atoms with Crippen LogP contribution in [-0.4, -0.2) is 55.8 Å². The minimum absolute atomic E-state index is 0.0706. The van der Waals surface area contributed by atoms with Gasteiger partial charge in [0.15, 0.2) is 11.6 Å². The number of nitrogens with zero attached hydrogens (tertiary/aromatic N) is 5. The van der Waals surface area contributed by atoms with Crippen LogP contribution < -0.4 is 15.6 Å². The average Bonchev–Trinajstić information content (AvgIpc) is 3.35. The van der Waals surface area contributed by atoms with E-state index in [0.717, 1.165) is 24.7 Å². The summed E-state index contributed by atoms with van der Waals surface area (Å²) in [5.41, 5.74) is 0.334. The summed E-state index contributed by atoms with van der Waals surface area (Å²) in [4.78, 5) is 39.2. The molecule has 0 aliphatic carbocycles. The van der Waals surface area contributed by atoms with E-state index >= 15 is 0 Å². The van der Waals surface area contributed by atoms with E-state index in [1.807, 2.05) is 11.8 Å². The fourth-order valence-corrected chi connectivity index (χ4v) is 4.25. The van der Waals surface area contributed by atoms with E-state index < -0.39 is 22.8 Å². The Morgan fingerprint density at radius 2 is 2.20 bits per heavy atom. The van der Waals surface area contributed by atoms with Crippen molar-refractivity contribution >= 4 is 22.8 Å². The first-order valence-corrected chi connectivity index (χ1v) is 9.65. The predicted molar refractivity (Wildman–Crippen MR) is 106 cm³/mol. The molecule has 10 heteroatoms. The first kappa shape index (κ1) is 18.6. The number of halogens is 1. The monoisotopic (exact) mass is 410 g/mol. The molecule has 0 unspecified atom stereocenters. The van der Waals surface area contributed by atoms with Crippen LogP contribution in [0.4, 0.5) is 10.2 Å². The topological polar surface area (TPSA) is 113 Å². The molecular formula is C20H19FN6O3. The van der Waals surface area contributed by atoms with Crippen LogP contribution in [0.25, 0.3) is 11.0 Å². The SMILES string of the molecule is Cc1cnc(Cn2cc(C(=O)O)c(=O)c3cc(F)c(N4C[C@@H]5C[C@H]4CN5)nc32)cn1. The summed E-state index contributed by atoms with van der Waals surface area (Å²) < 4.78 is 16.5. The Balaban J connectivity index is 1.68. The number of rotatable bonds is 4. The van der Waals surface area contributed by atoms with Gasteiger partial charge in [0.2, 0.25) is 5.43 Å². The number of pyridine rings is 2. The number of aromatic carboxylic acids is 1. The molecular weight excluding hydrogens is 391 g/mol. The second-order valence-corrected chi connectivity index (χ2v) is 7.77. The molecule has 0 saturated carbocycles. The molecule has 3 aromatic rings. The third kappa shape index (κ3) is 3.00. The Morgan fingerprint density at radius 3 is 2.83 bits per heavy atom. The van der Waals surface area contributed by atoms with Gasteiger partial charge < -0.3 is 19.9 Å². The number of carboxylic acids is 1. The Labute approximate surface area is 170 Å². The molecule has 154 valence electrons. The van der Waals surface area contributed by atoms with Crippen molar-refractivity contribution in [2.45, 2.75) is 32.0 Å². The number of fused-ring (bicyclic) bond motifs is 3. The number of piperazine rings is 1. The Kier molecular flexibility index (Phi) is 4.24. The summed E-state index contributed by atoms with van der Waals surface area (Å²) in [5.74, 6) is -1.82. The molecule has 0 aromatic carbocycles. The smallest absolute Gasteiger partial charge is 0.341 e. The van der Waals surface area contributed by atoms with Gasteiger partial charge in [-0.3, -0.25) is 14.8 Å². The molecule has 0 spiro atoms. The lowest BCUT2D eigenvalue weighted by atomic mass is 10.1. The van der Waals surface area contributed by atoms with Crippen LogP contribution in [0.3, 0.4) is 0 Å². The van der Waals surface area contributed by atoms with Crippen LogP contribution >= 0.6 is 0 Å². The van der Waals surface area contributed by atoms with E-state index in [1.165, 1.54) is 10.8 Å². The van der Waals surface area contributed by atoms with Crippen LogP contribution in [0.5, 0.6) is 0 Å². The molecule has 3 aromatic heterocycles. The summed E-state index contributed by atoms with van der Waals surface area (Å²) in [6, 6.07) is 1.55. The predicted octanol–water partition coefficient (Wildman–Crippen LogP) is 0.931. The largest absolute Gasteiger partial charge is 0.477 e. The molecule has 2 atom stereocenters. The number of anilines is 1. The van der Waals surface area contributed by atoms with Crippen LogP contribution in [0, 0.1) is 12.7 Å². The summed E-state index contributed by atoms with van der Waals surface area (Å²) in [7, 11) is 0. The Hall–Kier alpha value is -3.40. The quantitative estimate of drug-likeness (QED) is 0.653. The van der Waals surface area contributed by atoms with Gasteiger partial charge in [0.1, 0.15) is 11.2 Å². The van der Waals surface area contributed by atoms with Gasteiger partial charge in [0, 0.05) is 37.6 Å². The van der Waals surface area contributed by atoms with E-state index in [2.05, 4.69) is 20.3 Å². The second-order valence-electron chi connectivity index (χ2n) is 7.77. The van der Waals surface area contributed by atoms with E-state index in [-0.39, 0.29) is 29.4 Å². The Bertz CT molecular complexity index is 1230. The van der Waals surface area contributed by atoms with Crippen molar-refractivity contribution in [3.8, 4) is 0 Å². The molecule has 2 N–H and O–H groups in total. The summed E-state index contributed by atoms with van der Waals surface area (Å²) in [5, 5.41) is 12.7. The van der Waals surface area contributed by atoms with Crippen molar-refractivity contribution < 1.29 is 14.3 Å². The molecule has 0 amide bonds. The first-order valence-electron chi connectivity index (χ1n) is 9.65. The molecule has 2 aliphatic rings. The van der Waals surface area contributed by atoms with Gasteiger partial charge in [0.05, 0.1) is 29.5 Å². The average molecular weight is 410 g/mol. The van der Waals surface area contributed by atoms with Crippen molar-refractivity contribution in [2.75, 3.05) is 18.0 Å². The van der Waals surface area contributed by atoms with E-state index in [1.54, 1.807) is 12.4 Å². The molecule has 2 fully saturated rings. The maximum atomic E-state index is 15.0. The molecule has 5 heterocycles. The fourth-order valence-electron chi connectivity index (χ4n) is 4.25. The van der Waals surface area contributed by atoms with E-state index in [4.69, 9.17) is 0 Å². The molecule has 5 rings (SSSR count). The molecule has 0 radical (unpaired) electrons. The van der Waals surface area contributed by atoms with Crippen LogP contribution in [0.2, 0.25) is 0 Å². The maximum Gasteiger partial charge on any atom is 0.341 e. The van der Waals surface area contributed by atoms with Gasteiger partial charge in [0.25, 0.3) is 0 Å². The van der Waals surface area contributed by atoms with E-state index in [9.17, 15) is 19.1 Å². The zero-order valence-electron chi connectivity index (χ0n) is 16.2. The molecule has 9 nitrogen and oxygen atoms in total. The number of carboxylic acid groups (broad SMARTS) is 1. The van der Waals surface area contributed by atoms with Gasteiger partial charge >= 0.3 is 5.97 Å². The van der Waals surface area contributed by atoms with Crippen LogP contribution in [0.15, 0.2) is 29.5 Å².